The molecule has 0 amide bonds. The normalized spacial score (nSPS) is 13.9. The number of halogens is 1. The topological polar surface area (TPSA) is 35.5 Å². The third-order valence-electron chi connectivity index (χ3n) is 2.83. The predicted octanol–water partition coefficient (Wildman–Crippen LogP) is 3.90. The van der Waals surface area contributed by atoms with Crippen LogP contribution in [0.3, 0.4) is 0 Å². The number of hydrogen-bond acceptors (Lipinski definition) is 4. The van der Waals surface area contributed by atoms with Crippen molar-refractivity contribution in [1.29, 1.82) is 0 Å². The molecule has 98 valence electrons. The van der Waals surface area contributed by atoms with Gasteiger partial charge in [-0.1, -0.05) is 0 Å². The lowest BCUT2D eigenvalue weighted by atomic mass is 10.1. The van der Waals surface area contributed by atoms with Gasteiger partial charge in [-0.3, -0.25) is 4.79 Å². The van der Waals surface area contributed by atoms with Crippen LogP contribution in [0.1, 0.15) is 21.7 Å². The number of thiophene rings is 1. The Kier molecular flexibility index (Phi) is 3.57. The van der Waals surface area contributed by atoms with Crippen molar-refractivity contribution in [2.75, 3.05) is 13.2 Å². The Labute approximate surface area is 123 Å². The molecule has 0 aliphatic carbocycles. The van der Waals surface area contributed by atoms with Crippen molar-refractivity contribution in [3.63, 3.8) is 0 Å². The monoisotopic (exact) mass is 338 g/mol. The molecule has 3 nitrogen and oxygen atoms in total. The van der Waals surface area contributed by atoms with E-state index >= 15 is 0 Å². The average Bonchev–Trinajstić information content (AvgIpc) is 2.72. The van der Waals surface area contributed by atoms with Crippen LogP contribution in [0.5, 0.6) is 11.5 Å². The molecule has 0 bridgehead atoms. The quantitative estimate of drug-likeness (QED) is 0.779. The minimum absolute atomic E-state index is 0.00229. The molecular formula is C14H11BrO3S. The van der Waals surface area contributed by atoms with Crippen LogP contribution in [0.4, 0.5) is 0 Å². The highest BCUT2D eigenvalue weighted by Gasteiger charge is 2.17. The Morgan fingerprint density at radius 2 is 1.95 bits per heavy atom. The molecule has 0 spiro atoms. The van der Waals surface area contributed by atoms with Gasteiger partial charge >= 0.3 is 0 Å². The van der Waals surface area contributed by atoms with Crippen LogP contribution in [0.25, 0.3) is 0 Å². The van der Waals surface area contributed by atoms with Gasteiger partial charge in [0, 0.05) is 16.5 Å². The first kappa shape index (κ1) is 12.7. The minimum Gasteiger partial charge on any atom is -0.490 e. The molecule has 0 saturated heterocycles. The van der Waals surface area contributed by atoms with Crippen molar-refractivity contribution in [2.24, 2.45) is 0 Å². The number of fused-ring (bicyclic) bond motifs is 1. The van der Waals surface area contributed by atoms with Gasteiger partial charge in [-0.15, -0.1) is 11.3 Å². The number of ketones is 1. The minimum atomic E-state index is -0.00229. The molecule has 19 heavy (non-hydrogen) atoms. The number of hydrogen-bond donors (Lipinski definition) is 0. The highest BCUT2D eigenvalue weighted by Crippen LogP contribution is 2.32. The Bertz CT molecular complexity index is 621. The van der Waals surface area contributed by atoms with Gasteiger partial charge in [-0.25, -0.2) is 0 Å². The third-order valence-corrected chi connectivity index (χ3v) is 4.67. The van der Waals surface area contributed by atoms with Crippen LogP contribution in [-0.2, 0) is 0 Å². The molecule has 2 aromatic rings. The van der Waals surface area contributed by atoms with Crippen LogP contribution in [-0.4, -0.2) is 19.0 Å². The van der Waals surface area contributed by atoms with E-state index in [1.54, 1.807) is 18.2 Å². The van der Waals surface area contributed by atoms with Crippen molar-refractivity contribution in [3.8, 4) is 11.5 Å². The highest BCUT2D eigenvalue weighted by molar-refractivity contribution is 9.10. The second-order valence-electron chi connectivity index (χ2n) is 4.14. The summed E-state index contributed by atoms with van der Waals surface area (Å²) in [5.74, 6) is 1.35. The number of benzene rings is 1. The zero-order chi connectivity index (χ0) is 13.2. The molecule has 0 saturated carbocycles. The molecule has 0 fully saturated rings. The average molecular weight is 339 g/mol. The summed E-state index contributed by atoms with van der Waals surface area (Å²) in [6, 6.07) is 7.22. The summed E-state index contributed by atoms with van der Waals surface area (Å²) >= 11 is 4.81. The summed E-state index contributed by atoms with van der Waals surface area (Å²) in [6.07, 6.45) is 0.856. The zero-order valence-electron chi connectivity index (χ0n) is 10.0. The van der Waals surface area contributed by atoms with Crippen molar-refractivity contribution >= 4 is 33.0 Å². The van der Waals surface area contributed by atoms with Crippen LogP contribution in [0, 0.1) is 0 Å². The van der Waals surface area contributed by atoms with E-state index < -0.39 is 0 Å². The number of carbonyl (C=O) groups is 1. The first-order valence-electron chi connectivity index (χ1n) is 5.93. The number of carbonyl (C=O) groups excluding carboxylic acids is 1. The maximum absolute atomic E-state index is 12.4. The smallest absolute Gasteiger partial charge is 0.204 e. The van der Waals surface area contributed by atoms with E-state index in [0.717, 1.165) is 10.9 Å². The van der Waals surface area contributed by atoms with Gasteiger partial charge in [-0.05, 0) is 45.6 Å². The molecule has 5 heteroatoms. The van der Waals surface area contributed by atoms with E-state index in [9.17, 15) is 4.79 Å². The fraction of sp³-hybridized carbons (Fsp3) is 0.214. The molecule has 1 aliphatic heterocycles. The van der Waals surface area contributed by atoms with Crippen LogP contribution in [0.2, 0.25) is 0 Å². The van der Waals surface area contributed by atoms with Crippen molar-refractivity contribution in [1.82, 2.24) is 0 Å². The maximum Gasteiger partial charge on any atom is 0.204 e. The molecule has 1 aromatic heterocycles. The first-order chi connectivity index (χ1) is 9.25. The lowest BCUT2D eigenvalue weighted by Crippen LogP contribution is -2.01. The largest absolute Gasteiger partial charge is 0.490 e. The lowest BCUT2D eigenvalue weighted by molar-refractivity contribution is 0.104. The Morgan fingerprint density at radius 1 is 1.16 bits per heavy atom. The van der Waals surface area contributed by atoms with Gasteiger partial charge in [0.1, 0.15) is 0 Å². The van der Waals surface area contributed by atoms with E-state index in [1.807, 2.05) is 11.4 Å². The number of ether oxygens (including phenoxy) is 2. The van der Waals surface area contributed by atoms with Gasteiger partial charge in [0.25, 0.3) is 0 Å². The van der Waals surface area contributed by atoms with Crippen LogP contribution >= 0.6 is 27.3 Å². The van der Waals surface area contributed by atoms with Gasteiger partial charge in [0.05, 0.1) is 18.1 Å². The molecule has 1 aromatic carbocycles. The van der Waals surface area contributed by atoms with E-state index in [0.29, 0.717) is 35.2 Å². The van der Waals surface area contributed by atoms with Crippen molar-refractivity contribution in [3.05, 3.63) is 44.6 Å². The van der Waals surface area contributed by atoms with Crippen LogP contribution < -0.4 is 9.47 Å². The standard InChI is InChI=1S/C14H11BrO3S/c15-10-4-7-19-14(10)13(16)9-2-3-11-12(8-9)18-6-1-5-17-11/h2-4,7-8H,1,5-6H2. The summed E-state index contributed by atoms with van der Waals surface area (Å²) in [7, 11) is 0. The van der Waals surface area contributed by atoms with E-state index in [4.69, 9.17) is 9.47 Å². The molecule has 1 aliphatic rings. The fourth-order valence-corrected chi connectivity index (χ4v) is 3.40. The molecule has 2 heterocycles. The molecule has 0 radical (unpaired) electrons. The van der Waals surface area contributed by atoms with E-state index in [-0.39, 0.29) is 5.78 Å². The molecule has 0 atom stereocenters. The molecule has 3 rings (SSSR count). The molecular weight excluding hydrogens is 328 g/mol. The molecule has 0 N–H and O–H groups in total. The van der Waals surface area contributed by atoms with Gasteiger partial charge in [0.15, 0.2) is 11.5 Å². The first-order valence-corrected chi connectivity index (χ1v) is 7.60. The summed E-state index contributed by atoms with van der Waals surface area (Å²) in [6.45, 7) is 1.27. The summed E-state index contributed by atoms with van der Waals surface area (Å²) in [4.78, 5) is 13.1. The van der Waals surface area contributed by atoms with E-state index in [1.165, 1.54) is 11.3 Å². The fourth-order valence-electron chi connectivity index (χ4n) is 1.89. The highest BCUT2D eigenvalue weighted by atomic mass is 79.9. The second kappa shape index (κ2) is 5.35. The predicted molar refractivity (Wildman–Crippen MR) is 77.5 cm³/mol. The number of rotatable bonds is 2. The van der Waals surface area contributed by atoms with Crippen molar-refractivity contribution < 1.29 is 14.3 Å². The Balaban J connectivity index is 1.96. The third kappa shape index (κ3) is 2.53. The van der Waals surface area contributed by atoms with Gasteiger partial charge in [-0.2, -0.15) is 0 Å². The SMILES string of the molecule is O=C(c1ccc2c(c1)OCCCO2)c1sccc1Br. The summed E-state index contributed by atoms with van der Waals surface area (Å²) in [5.41, 5.74) is 0.618. The second-order valence-corrected chi connectivity index (χ2v) is 5.91. The molecule has 0 unspecified atom stereocenters. The summed E-state index contributed by atoms with van der Waals surface area (Å²) < 4.78 is 12.0. The Morgan fingerprint density at radius 3 is 2.68 bits per heavy atom. The maximum atomic E-state index is 12.4. The van der Waals surface area contributed by atoms with Crippen molar-refractivity contribution in [2.45, 2.75) is 6.42 Å². The lowest BCUT2D eigenvalue weighted by Gasteiger charge is -2.08. The van der Waals surface area contributed by atoms with E-state index in [2.05, 4.69) is 15.9 Å². The van der Waals surface area contributed by atoms with Gasteiger partial charge < -0.3 is 9.47 Å². The van der Waals surface area contributed by atoms with Gasteiger partial charge in [0.2, 0.25) is 5.78 Å². The summed E-state index contributed by atoms with van der Waals surface area (Å²) in [5, 5.41) is 1.89. The zero-order valence-corrected chi connectivity index (χ0v) is 12.4. The van der Waals surface area contributed by atoms with Crippen LogP contribution in [0.15, 0.2) is 34.1 Å². The Hall–Kier alpha value is -1.33.